The first-order valence-electron chi connectivity index (χ1n) is 6.23. The first-order chi connectivity index (χ1) is 8.35. The molecule has 104 valence electrons. The van der Waals surface area contributed by atoms with Crippen molar-refractivity contribution in [1.82, 2.24) is 4.90 Å². The Morgan fingerprint density at radius 1 is 1.39 bits per heavy atom. The molecule has 3 N–H and O–H groups in total. The quantitative estimate of drug-likeness (QED) is 0.727. The van der Waals surface area contributed by atoms with E-state index in [9.17, 15) is 9.59 Å². The fourth-order valence-electron chi connectivity index (χ4n) is 2.09. The lowest BCUT2D eigenvalue weighted by atomic mass is 9.89. The van der Waals surface area contributed by atoms with E-state index in [1.807, 2.05) is 13.8 Å². The average molecular weight is 258 g/mol. The second-order valence-corrected chi connectivity index (χ2v) is 5.24. The van der Waals surface area contributed by atoms with Crippen LogP contribution in [0.15, 0.2) is 0 Å². The van der Waals surface area contributed by atoms with Crippen LogP contribution in [-0.4, -0.2) is 53.7 Å². The number of carboxylic acid groups (broad SMARTS) is 1. The summed E-state index contributed by atoms with van der Waals surface area (Å²) < 4.78 is 5.19. The predicted molar refractivity (Wildman–Crippen MR) is 66.0 cm³/mol. The lowest BCUT2D eigenvalue weighted by molar-refractivity contribution is -0.149. The van der Waals surface area contributed by atoms with Gasteiger partial charge in [-0.15, -0.1) is 0 Å². The fourth-order valence-corrected chi connectivity index (χ4v) is 2.09. The molecular weight excluding hydrogens is 236 g/mol. The van der Waals surface area contributed by atoms with Crippen LogP contribution in [0.25, 0.3) is 0 Å². The van der Waals surface area contributed by atoms with Crippen LogP contribution < -0.4 is 5.73 Å². The van der Waals surface area contributed by atoms with E-state index >= 15 is 0 Å². The Morgan fingerprint density at radius 2 is 1.94 bits per heavy atom. The summed E-state index contributed by atoms with van der Waals surface area (Å²) in [6.45, 7) is 4.89. The molecule has 0 saturated carbocycles. The lowest BCUT2D eigenvalue weighted by Gasteiger charge is -2.36. The van der Waals surface area contributed by atoms with E-state index in [4.69, 9.17) is 15.6 Å². The minimum absolute atomic E-state index is 0.205. The molecule has 1 amide bonds. The Morgan fingerprint density at radius 3 is 2.39 bits per heavy atom. The summed E-state index contributed by atoms with van der Waals surface area (Å²) in [5.41, 5.74) is 5.12. The summed E-state index contributed by atoms with van der Waals surface area (Å²) in [6, 6.07) is 0. The van der Waals surface area contributed by atoms with Gasteiger partial charge in [0.25, 0.3) is 0 Å². The van der Waals surface area contributed by atoms with Crippen molar-refractivity contribution in [3.05, 3.63) is 0 Å². The zero-order valence-electron chi connectivity index (χ0n) is 11.0. The predicted octanol–water partition coefficient (Wildman–Crippen LogP) is 0.0635. The Hall–Kier alpha value is -1.14. The van der Waals surface area contributed by atoms with Gasteiger partial charge < -0.3 is 20.5 Å². The molecule has 6 heteroatoms. The summed E-state index contributed by atoms with van der Waals surface area (Å²) in [6.07, 6.45) is 0.889. The monoisotopic (exact) mass is 258 g/mol. The molecule has 0 aromatic carbocycles. The largest absolute Gasteiger partial charge is 0.480 e. The van der Waals surface area contributed by atoms with Gasteiger partial charge in [-0.2, -0.15) is 0 Å². The van der Waals surface area contributed by atoms with Gasteiger partial charge in [-0.25, -0.2) is 0 Å². The standard InChI is InChI=1S/C12H22N2O4/c1-9(2)7-14(8-10(15)16)11(17)12(13)3-5-18-6-4-12/h9H,3-8,13H2,1-2H3,(H,15,16). The highest BCUT2D eigenvalue weighted by Crippen LogP contribution is 2.21. The maximum atomic E-state index is 12.4. The second-order valence-electron chi connectivity index (χ2n) is 5.24. The summed E-state index contributed by atoms with van der Waals surface area (Å²) in [5.74, 6) is -1.08. The first-order valence-corrected chi connectivity index (χ1v) is 6.23. The number of nitrogens with two attached hydrogens (primary N) is 1. The van der Waals surface area contributed by atoms with Crippen LogP contribution in [0.1, 0.15) is 26.7 Å². The number of ether oxygens (including phenoxy) is 1. The molecule has 0 aromatic heterocycles. The number of carbonyl (C=O) groups is 2. The van der Waals surface area contributed by atoms with E-state index in [0.717, 1.165) is 0 Å². The maximum absolute atomic E-state index is 12.4. The smallest absolute Gasteiger partial charge is 0.323 e. The molecule has 0 atom stereocenters. The summed E-state index contributed by atoms with van der Waals surface area (Å²) in [4.78, 5) is 24.5. The molecular formula is C12H22N2O4. The van der Waals surface area contributed by atoms with Crippen molar-refractivity contribution in [2.24, 2.45) is 11.7 Å². The molecule has 1 aliphatic rings. The zero-order chi connectivity index (χ0) is 13.8. The Bertz CT molecular complexity index is 311. The number of amides is 1. The number of carbonyl (C=O) groups excluding carboxylic acids is 1. The molecule has 0 bridgehead atoms. The van der Waals surface area contributed by atoms with Gasteiger partial charge >= 0.3 is 5.97 Å². The minimum atomic E-state index is -1.01. The van der Waals surface area contributed by atoms with E-state index in [1.54, 1.807) is 0 Å². The summed E-state index contributed by atoms with van der Waals surface area (Å²) >= 11 is 0. The number of nitrogens with zero attached hydrogens (tertiary/aromatic N) is 1. The number of carboxylic acids is 1. The van der Waals surface area contributed by atoms with Crippen molar-refractivity contribution >= 4 is 11.9 Å². The molecule has 0 aromatic rings. The van der Waals surface area contributed by atoms with Crippen LogP contribution in [-0.2, 0) is 14.3 Å². The molecule has 18 heavy (non-hydrogen) atoms. The number of aliphatic carboxylic acids is 1. The van der Waals surface area contributed by atoms with E-state index in [2.05, 4.69) is 0 Å². The Kier molecular flexibility index (Phi) is 5.10. The normalized spacial score (nSPS) is 18.7. The van der Waals surface area contributed by atoms with E-state index in [0.29, 0.717) is 32.6 Å². The fraction of sp³-hybridized carbons (Fsp3) is 0.833. The van der Waals surface area contributed by atoms with Gasteiger partial charge in [0, 0.05) is 19.8 Å². The third-order valence-electron chi connectivity index (χ3n) is 3.01. The highest BCUT2D eigenvalue weighted by molar-refractivity contribution is 5.88. The molecule has 1 heterocycles. The number of hydrogen-bond donors (Lipinski definition) is 2. The van der Waals surface area contributed by atoms with Crippen molar-refractivity contribution in [3.8, 4) is 0 Å². The first kappa shape index (κ1) is 14.9. The number of hydrogen-bond acceptors (Lipinski definition) is 4. The lowest BCUT2D eigenvalue weighted by Crippen LogP contribution is -2.59. The van der Waals surface area contributed by atoms with Crippen LogP contribution in [0.3, 0.4) is 0 Å². The van der Waals surface area contributed by atoms with E-state index in [-0.39, 0.29) is 18.4 Å². The van der Waals surface area contributed by atoms with Crippen molar-refractivity contribution in [3.63, 3.8) is 0 Å². The van der Waals surface area contributed by atoms with Gasteiger partial charge in [0.1, 0.15) is 6.54 Å². The molecule has 0 aliphatic carbocycles. The third-order valence-corrected chi connectivity index (χ3v) is 3.01. The zero-order valence-corrected chi connectivity index (χ0v) is 11.0. The Balaban J connectivity index is 2.76. The number of rotatable bonds is 5. The second kappa shape index (κ2) is 6.15. The van der Waals surface area contributed by atoms with Gasteiger partial charge in [-0.05, 0) is 18.8 Å². The van der Waals surface area contributed by atoms with Crippen molar-refractivity contribution in [2.45, 2.75) is 32.2 Å². The molecule has 1 aliphatic heterocycles. The average Bonchev–Trinajstić information content (AvgIpc) is 2.27. The topological polar surface area (TPSA) is 92.9 Å². The van der Waals surface area contributed by atoms with Gasteiger partial charge in [-0.3, -0.25) is 9.59 Å². The van der Waals surface area contributed by atoms with Crippen molar-refractivity contribution < 1.29 is 19.4 Å². The van der Waals surface area contributed by atoms with Crippen LogP contribution in [0.4, 0.5) is 0 Å². The van der Waals surface area contributed by atoms with Crippen LogP contribution >= 0.6 is 0 Å². The Labute approximate surface area is 107 Å². The molecule has 0 unspecified atom stereocenters. The van der Waals surface area contributed by atoms with E-state index < -0.39 is 11.5 Å². The summed E-state index contributed by atoms with van der Waals surface area (Å²) in [7, 11) is 0. The van der Waals surface area contributed by atoms with Crippen LogP contribution in [0.2, 0.25) is 0 Å². The molecule has 0 radical (unpaired) electrons. The molecule has 6 nitrogen and oxygen atoms in total. The highest BCUT2D eigenvalue weighted by Gasteiger charge is 2.39. The summed E-state index contributed by atoms with van der Waals surface area (Å²) in [5, 5.41) is 8.87. The van der Waals surface area contributed by atoms with Gasteiger partial charge in [0.05, 0.1) is 5.54 Å². The maximum Gasteiger partial charge on any atom is 0.323 e. The van der Waals surface area contributed by atoms with Gasteiger partial charge in [0.2, 0.25) is 5.91 Å². The molecule has 0 spiro atoms. The molecule has 1 saturated heterocycles. The third kappa shape index (κ3) is 3.96. The van der Waals surface area contributed by atoms with Crippen LogP contribution in [0, 0.1) is 5.92 Å². The van der Waals surface area contributed by atoms with Crippen molar-refractivity contribution in [1.29, 1.82) is 0 Å². The van der Waals surface area contributed by atoms with Crippen molar-refractivity contribution in [2.75, 3.05) is 26.3 Å². The van der Waals surface area contributed by atoms with E-state index in [1.165, 1.54) is 4.90 Å². The van der Waals surface area contributed by atoms with Gasteiger partial charge in [-0.1, -0.05) is 13.8 Å². The SMILES string of the molecule is CC(C)CN(CC(=O)O)C(=O)C1(N)CCOCC1. The van der Waals surface area contributed by atoms with Crippen LogP contribution in [0.5, 0.6) is 0 Å². The molecule has 1 rings (SSSR count). The highest BCUT2D eigenvalue weighted by atomic mass is 16.5. The minimum Gasteiger partial charge on any atom is -0.480 e. The molecule has 1 fully saturated rings. The van der Waals surface area contributed by atoms with Gasteiger partial charge in [0.15, 0.2) is 0 Å².